The first-order valence-electron chi connectivity index (χ1n) is 7.89. The first kappa shape index (κ1) is 20.6. The van der Waals surface area contributed by atoms with E-state index >= 15 is 0 Å². The van der Waals surface area contributed by atoms with Crippen LogP contribution in [0.4, 0.5) is 18.9 Å². The molecule has 1 aliphatic heterocycles. The topological polar surface area (TPSA) is 110 Å². The van der Waals surface area contributed by atoms with Crippen LogP contribution in [0.15, 0.2) is 18.2 Å². The number of hydrogen-bond acceptors (Lipinski definition) is 5. The highest BCUT2D eigenvalue weighted by molar-refractivity contribution is 5.98. The van der Waals surface area contributed by atoms with Crippen LogP contribution < -0.4 is 0 Å². The van der Waals surface area contributed by atoms with Gasteiger partial charge in [0.05, 0.1) is 17.1 Å². The summed E-state index contributed by atoms with van der Waals surface area (Å²) in [5, 5.41) is 20.7. The van der Waals surface area contributed by atoms with Crippen LogP contribution in [0.1, 0.15) is 28.8 Å². The van der Waals surface area contributed by atoms with Gasteiger partial charge in [0.2, 0.25) is 0 Å². The van der Waals surface area contributed by atoms with Crippen molar-refractivity contribution in [3.05, 3.63) is 39.4 Å². The maximum absolute atomic E-state index is 12.8. The molecule has 148 valence electrons. The molecule has 0 bridgehead atoms. The Hall–Kier alpha value is -2.69. The van der Waals surface area contributed by atoms with Gasteiger partial charge >= 0.3 is 12.1 Å². The molecule has 1 aliphatic rings. The van der Waals surface area contributed by atoms with Gasteiger partial charge in [0.1, 0.15) is 11.0 Å². The lowest BCUT2D eigenvalue weighted by molar-refractivity contribution is -0.385. The van der Waals surface area contributed by atoms with Crippen molar-refractivity contribution >= 4 is 17.6 Å². The van der Waals surface area contributed by atoms with Gasteiger partial charge in [-0.2, -0.15) is 13.2 Å². The van der Waals surface area contributed by atoms with E-state index in [1.165, 1.54) is 7.11 Å². The smallest absolute Gasteiger partial charge is 0.416 e. The number of amides is 1. The highest BCUT2D eigenvalue weighted by Crippen LogP contribution is 2.35. The van der Waals surface area contributed by atoms with E-state index < -0.39 is 45.2 Å². The summed E-state index contributed by atoms with van der Waals surface area (Å²) in [6.45, 7) is -0.288. The molecule has 1 fully saturated rings. The number of aliphatic carboxylic acids is 1. The fraction of sp³-hybridized carbons (Fsp3) is 0.500. The lowest BCUT2D eigenvalue weighted by Crippen LogP contribution is -2.52. The Labute approximate surface area is 151 Å². The number of halogens is 3. The summed E-state index contributed by atoms with van der Waals surface area (Å²) < 4.78 is 43.3. The van der Waals surface area contributed by atoms with Gasteiger partial charge in [-0.15, -0.1) is 0 Å². The standard InChI is InChI=1S/C16H17F3N2O6/c1-27-9-15(14(23)24)5-2-6-20(8-15)13(22)11-4-3-10(16(17,18)19)7-12(11)21(25)26/h3-4,7H,2,5-6,8-9H2,1H3,(H,23,24). The van der Waals surface area contributed by atoms with E-state index in [4.69, 9.17) is 4.74 Å². The number of nitro groups is 1. The van der Waals surface area contributed by atoms with Crippen LogP contribution in [0.5, 0.6) is 0 Å². The minimum atomic E-state index is -4.80. The number of ether oxygens (including phenoxy) is 1. The molecule has 0 saturated carbocycles. The summed E-state index contributed by atoms with van der Waals surface area (Å²) in [5.41, 5.74) is -4.12. The van der Waals surface area contributed by atoms with Gasteiger partial charge in [-0.1, -0.05) is 0 Å². The molecule has 1 unspecified atom stereocenters. The molecule has 0 radical (unpaired) electrons. The van der Waals surface area contributed by atoms with E-state index in [9.17, 15) is 38.0 Å². The molecule has 27 heavy (non-hydrogen) atoms. The number of piperidine rings is 1. The van der Waals surface area contributed by atoms with Crippen LogP contribution in [0.3, 0.4) is 0 Å². The van der Waals surface area contributed by atoms with Crippen molar-refractivity contribution in [1.29, 1.82) is 0 Å². The largest absolute Gasteiger partial charge is 0.481 e. The fourth-order valence-corrected chi connectivity index (χ4v) is 3.15. The molecule has 0 aliphatic carbocycles. The Morgan fingerprint density at radius 2 is 2.07 bits per heavy atom. The molecule has 1 aromatic rings. The molecule has 11 heteroatoms. The Balaban J connectivity index is 2.39. The molecule has 1 saturated heterocycles. The highest BCUT2D eigenvalue weighted by Gasteiger charge is 2.45. The van der Waals surface area contributed by atoms with Crippen LogP contribution in [-0.4, -0.2) is 53.6 Å². The van der Waals surface area contributed by atoms with Gasteiger partial charge in [-0.25, -0.2) is 0 Å². The van der Waals surface area contributed by atoms with E-state index in [-0.39, 0.29) is 26.1 Å². The number of nitro benzene ring substituents is 1. The lowest BCUT2D eigenvalue weighted by Gasteiger charge is -2.39. The van der Waals surface area contributed by atoms with Crippen molar-refractivity contribution in [2.75, 3.05) is 26.8 Å². The Morgan fingerprint density at radius 3 is 2.59 bits per heavy atom. The van der Waals surface area contributed by atoms with Gasteiger partial charge in [-0.05, 0) is 25.0 Å². The van der Waals surface area contributed by atoms with Gasteiger partial charge in [-0.3, -0.25) is 19.7 Å². The molecule has 1 N–H and O–H groups in total. The van der Waals surface area contributed by atoms with Crippen LogP contribution >= 0.6 is 0 Å². The third-order valence-electron chi connectivity index (χ3n) is 4.49. The number of benzene rings is 1. The second kappa shape index (κ2) is 7.51. The molecule has 1 aromatic carbocycles. The minimum absolute atomic E-state index is 0.135. The molecular weight excluding hydrogens is 373 g/mol. The summed E-state index contributed by atoms with van der Waals surface area (Å²) in [6, 6.07) is 1.64. The maximum Gasteiger partial charge on any atom is 0.416 e. The average Bonchev–Trinajstić information content (AvgIpc) is 2.60. The summed E-state index contributed by atoms with van der Waals surface area (Å²) >= 11 is 0. The predicted octanol–water partition coefficient (Wildman–Crippen LogP) is 2.57. The van der Waals surface area contributed by atoms with Crippen LogP contribution in [-0.2, 0) is 15.7 Å². The Morgan fingerprint density at radius 1 is 1.41 bits per heavy atom. The van der Waals surface area contributed by atoms with Crippen LogP contribution in [0.25, 0.3) is 0 Å². The second-order valence-corrected chi connectivity index (χ2v) is 6.34. The number of hydrogen-bond donors (Lipinski definition) is 1. The summed E-state index contributed by atoms with van der Waals surface area (Å²) in [5.74, 6) is -2.07. The van der Waals surface area contributed by atoms with Crippen molar-refractivity contribution in [3.63, 3.8) is 0 Å². The number of carboxylic acids is 1. The number of alkyl halides is 3. The maximum atomic E-state index is 12.8. The van der Waals surface area contributed by atoms with Crippen molar-refractivity contribution in [2.24, 2.45) is 5.41 Å². The summed E-state index contributed by atoms with van der Waals surface area (Å²) in [7, 11) is 1.31. The third kappa shape index (κ3) is 4.18. The SMILES string of the molecule is COCC1(C(=O)O)CCCN(C(=O)c2ccc(C(F)(F)F)cc2[N+](=O)[O-])C1. The predicted molar refractivity (Wildman–Crippen MR) is 85.2 cm³/mol. The Kier molecular flexibility index (Phi) is 5.73. The number of carbonyl (C=O) groups excluding carboxylic acids is 1. The van der Waals surface area contributed by atoms with Gasteiger partial charge in [0.15, 0.2) is 0 Å². The van der Waals surface area contributed by atoms with Crippen LogP contribution in [0.2, 0.25) is 0 Å². The first-order chi connectivity index (χ1) is 12.5. The summed E-state index contributed by atoms with van der Waals surface area (Å²) in [6.07, 6.45) is -4.24. The lowest BCUT2D eigenvalue weighted by atomic mass is 9.80. The van der Waals surface area contributed by atoms with E-state index in [0.29, 0.717) is 18.6 Å². The zero-order chi connectivity index (χ0) is 20.4. The molecule has 8 nitrogen and oxygen atoms in total. The van der Waals surface area contributed by atoms with Gasteiger partial charge in [0, 0.05) is 26.3 Å². The zero-order valence-electron chi connectivity index (χ0n) is 14.3. The normalized spacial score (nSPS) is 20.4. The quantitative estimate of drug-likeness (QED) is 0.611. The molecule has 1 amide bonds. The number of methoxy groups -OCH3 is 1. The van der Waals surface area contributed by atoms with E-state index in [1.807, 2.05) is 0 Å². The molecule has 1 atom stereocenters. The fourth-order valence-electron chi connectivity index (χ4n) is 3.15. The van der Waals surface area contributed by atoms with Crippen molar-refractivity contribution in [3.8, 4) is 0 Å². The second-order valence-electron chi connectivity index (χ2n) is 6.34. The van der Waals surface area contributed by atoms with E-state index in [0.717, 1.165) is 11.0 Å². The number of carboxylic acid groups (broad SMARTS) is 1. The number of likely N-dealkylation sites (tertiary alicyclic amines) is 1. The Bertz CT molecular complexity index is 763. The number of carbonyl (C=O) groups is 2. The van der Waals surface area contributed by atoms with Crippen LogP contribution in [0, 0.1) is 15.5 Å². The third-order valence-corrected chi connectivity index (χ3v) is 4.49. The molecule has 1 heterocycles. The molecular formula is C16H17F3N2O6. The average molecular weight is 390 g/mol. The highest BCUT2D eigenvalue weighted by atomic mass is 19.4. The minimum Gasteiger partial charge on any atom is -0.481 e. The monoisotopic (exact) mass is 390 g/mol. The van der Waals surface area contributed by atoms with Crippen molar-refractivity contribution in [2.45, 2.75) is 19.0 Å². The van der Waals surface area contributed by atoms with Gasteiger partial charge < -0.3 is 14.7 Å². The van der Waals surface area contributed by atoms with Crippen molar-refractivity contribution < 1.29 is 37.5 Å². The van der Waals surface area contributed by atoms with E-state index in [1.54, 1.807) is 0 Å². The van der Waals surface area contributed by atoms with Gasteiger partial charge in [0.25, 0.3) is 11.6 Å². The number of nitrogens with zero attached hydrogens (tertiary/aromatic N) is 2. The van der Waals surface area contributed by atoms with E-state index in [2.05, 4.69) is 0 Å². The first-order valence-corrected chi connectivity index (χ1v) is 7.89. The molecule has 0 spiro atoms. The molecule has 2 rings (SSSR count). The molecule has 0 aromatic heterocycles. The van der Waals surface area contributed by atoms with Crippen molar-refractivity contribution in [1.82, 2.24) is 4.90 Å². The summed E-state index contributed by atoms with van der Waals surface area (Å²) in [4.78, 5) is 35.6. The number of rotatable bonds is 5. The zero-order valence-corrected chi connectivity index (χ0v) is 14.3.